The van der Waals surface area contributed by atoms with Crippen LogP contribution in [0.3, 0.4) is 0 Å². The van der Waals surface area contributed by atoms with E-state index in [-0.39, 0.29) is 18.5 Å². The van der Waals surface area contributed by atoms with E-state index in [1.54, 1.807) is 17.0 Å². The lowest BCUT2D eigenvalue weighted by atomic mass is 10.0. The van der Waals surface area contributed by atoms with Gasteiger partial charge < -0.3 is 4.90 Å². The van der Waals surface area contributed by atoms with Crippen molar-refractivity contribution in [2.45, 2.75) is 31.7 Å². The lowest BCUT2D eigenvalue weighted by Gasteiger charge is -2.36. The highest BCUT2D eigenvalue weighted by Gasteiger charge is 2.27. The molecule has 1 heterocycles. The summed E-state index contributed by atoms with van der Waals surface area (Å²) in [7, 11) is -3.24. The lowest BCUT2D eigenvalue weighted by molar-refractivity contribution is -0.133. The van der Waals surface area contributed by atoms with Crippen molar-refractivity contribution in [2.24, 2.45) is 0 Å². The van der Waals surface area contributed by atoms with Crippen molar-refractivity contribution >= 4 is 27.5 Å². The van der Waals surface area contributed by atoms with Crippen LogP contribution in [0.25, 0.3) is 0 Å². The predicted octanol–water partition coefficient (Wildman–Crippen LogP) is 1.81. The number of hydrogen-bond acceptors (Lipinski definition) is 3. The molecule has 7 heteroatoms. The van der Waals surface area contributed by atoms with Gasteiger partial charge in [-0.15, -0.1) is 0 Å². The van der Waals surface area contributed by atoms with Crippen LogP contribution in [0.5, 0.6) is 0 Å². The summed E-state index contributed by atoms with van der Waals surface area (Å²) in [4.78, 5) is 14.3. The van der Waals surface area contributed by atoms with E-state index in [2.05, 4.69) is 4.72 Å². The largest absolute Gasteiger partial charge is 0.338 e. The number of nitrogens with one attached hydrogen (secondary N) is 1. The molecule has 22 heavy (non-hydrogen) atoms. The maximum absolute atomic E-state index is 12.5. The van der Waals surface area contributed by atoms with E-state index in [0.717, 1.165) is 31.1 Å². The summed E-state index contributed by atoms with van der Waals surface area (Å²) < 4.78 is 25.0. The van der Waals surface area contributed by atoms with Crippen molar-refractivity contribution in [3.05, 3.63) is 34.9 Å². The quantitative estimate of drug-likeness (QED) is 0.886. The van der Waals surface area contributed by atoms with Crippen LogP contribution in [0.4, 0.5) is 0 Å². The molecule has 1 atom stereocenters. The molecule has 1 aromatic carbocycles. The number of likely N-dealkylation sites (tertiary alicyclic amines) is 1. The highest BCUT2D eigenvalue weighted by Crippen LogP contribution is 2.19. The maximum Gasteiger partial charge on any atom is 0.227 e. The predicted molar refractivity (Wildman–Crippen MR) is 87.4 cm³/mol. The Hall–Kier alpha value is -1.11. The second-order valence-corrected chi connectivity index (χ2v) is 7.93. The molecule has 2 rings (SSSR count). The van der Waals surface area contributed by atoms with Gasteiger partial charge in [0.05, 0.1) is 12.7 Å². The van der Waals surface area contributed by atoms with Gasteiger partial charge in [-0.3, -0.25) is 4.79 Å². The fourth-order valence-electron chi connectivity index (χ4n) is 2.67. The number of halogens is 1. The Kier molecular flexibility index (Phi) is 5.83. The molecule has 0 saturated carbocycles. The van der Waals surface area contributed by atoms with Crippen LogP contribution in [0.2, 0.25) is 5.02 Å². The average Bonchev–Trinajstić information content (AvgIpc) is 2.47. The van der Waals surface area contributed by atoms with E-state index >= 15 is 0 Å². The van der Waals surface area contributed by atoms with Crippen LogP contribution < -0.4 is 4.72 Å². The molecule has 1 aliphatic heterocycles. The van der Waals surface area contributed by atoms with Gasteiger partial charge in [0.2, 0.25) is 15.9 Å². The molecule has 0 spiro atoms. The molecule has 0 radical (unpaired) electrons. The van der Waals surface area contributed by atoms with Gasteiger partial charge in [-0.1, -0.05) is 23.7 Å². The number of amides is 1. The Bertz CT molecular complexity index is 616. The van der Waals surface area contributed by atoms with Crippen LogP contribution in [0, 0.1) is 0 Å². The Morgan fingerprint density at radius 3 is 2.64 bits per heavy atom. The molecule has 1 saturated heterocycles. The van der Waals surface area contributed by atoms with Gasteiger partial charge in [-0.05, 0) is 37.0 Å². The molecule has 1 amide bonds. The van der Waals surface area contributed by atoms with E-state index in [4.69, 9.17) is 11.6 Å². The third kappa shape index (κ3) is 5.26. The zero-order valence-electron chi connectivity index (χ0n) is 12.6. The highest BCUT2D eigenvalue weighted by molar-refractivity contribution is 7.88. The van der Waals surface area contributed by atoms with Crippen molar-refractivity contribution in [2.75, 3.05) is 19.3 Å². The number of carbonyl (C=O) groups excluding carboxylic acids is 1. The van der Waals surface area contributed by atoms with Gasteiger partial charge in [-0.2, -0.15) is 0 Å². The third-order valence-electron chi connectivity index (χ3n) is 3.80. The SMILES string of the molecule is CS(=O)(=O)NCC1CCCCN1C(=O)Cc1ccc(Cl)cc1. The van der Waals surface area contributed by atoms with Crippen LogP contribution in [-0.4, -0.2) is 44.6 Å². The lowest BCUT2D eigenvalue weighted by Crippen LogP contribution is -2.49. The maximum atomic E-state index is 12.5. The minimum absolute atomic E-state index is 0.0299. The van der Waals surface area contributed by atoms with Gasteiger partial charge in [-0.25, -0.2) is 13.1 Å². The van der Waals surface area contributed by atoms with E-state index in [9.17, 15) is 13.2 Å². The van der Waals surface area contributed by atoms with Crippen LogP contribution in [0.1, 0.15) is 24.8 Å². The van der Waals surface area contributed by atoms with Crippen molar-refractivity contribution in [1.29, 1.82) is 0 Å². The standard InChI is InChI=1S/C15H21ClN2O3S/c1-22(20,21)17-11-14-4-2-3-9-18(14)15(19)10-12-5-7-13(16)8-6-12/h5-8,14,17H,2-4,9-11H2,1H3. The molecule has 1 N–H and O–H groups in total. The highest BCUT2D eigenvalue weighted by atomic mass is 35.5. The number of rotatable bonds is 5. The van der Waals surface area contributed by atoms with Crippen LogP contribution >= 0.6 is 11.6 Å². The molecular formula is C15H21ClN2O3S. The number of sulfonamides is 1. The van der Waals surface area contributed by atoms with Crippen molar-refractivity contribution < 1.29 is 13.2 Å². The Morgan fingerprint density at radius 2 is 2.00 bits per heavy atom. The third-order valence-corrected chi connectivity index (χ3v) is 4.74. The van der Waals surface area contributed by atoms with Gasteiger partial charge in [0.15, 0.2) is 0 Å². The molecule has 5 nitrogen and oxygen atoms in total. The second-order valence-electron chi connectivity index (χ2n) is 5.66. The summed E-state index contributed by atoms with van der Waals surface area (Å²) in [5, 5.41) is 0.643. The molecule has 0 aliphatic carbocycles. The van der Waals surface area contributed by atoms with Gasteiger partial charge in [0.1, 0.15) is 0 Å². The van der Waals surface area contributed by atoms with E-state index in [1.807, 2.05) is 12.1 Å². The fraction of sp³-hybridized carbons (Fsp3) is 0.533. The van der Waals surface area contributed by atoms with Crippen molar-refractivity contribution in [1.82, 2.24) is 9.62 Å². The summed E-state index contributed by atoms with van der Waals surface area (Å²) >= 11 is 5.84. The van der Waals surface area contributed by atoms with Gasteiger partial charge >= 0.3 is 0 Å². The van der Waals surface area contributed by atoms with Crippen LogP contribution in [0.15, 0.2) is 24.3 Å². The first-order chi connectivity index (χ1) is 10.3. The van der Waals surface area contributed by atoms with Crippen molar-refractivity contribution in [3.63, 3.8) is 0 Å². The number of hydrogen-bond donors (Lipinski definition) is 1. The Balaban J connectivity index is 2.00. The molecular weight excluding hydrogens is 324 g/mol. The normalized spacial score (nSPS) is 19.2. The molecule has 122 valence electrons. The molecule has 0 aromatic heterocycles. The summed E-state index contributed by atoms with van der Waals surface area (Å²) in [6.45, 7) is 0.966. The monoisotopic (exact) mass is 344 g/mol. The Morgan fingerprint density at radius 1 is 1.32 bits per heavy atom. The summed E-state index contributed by atoms with van der Waals surface area (Å²) in [6, 6.07) is 7.15. The molecule has 0 bridgehead atoms. The average molecular weight is 345 g/mol. The smallest absolute Gasteiger partial charge is 0.227 e. The van der Waals surface area contributed by atoms with Crippen LogP contribution in [-0.2, 0) is 21.2 Å². The number of benzene rings is 1. The Labute approximate surface area is 136 Å². The van der Waals surface area contributed by atoms with E-state index in [1.165, 1.54) is 0 Å². The van der Waals surface area contributed by atoms with Crippen molar-refractivity contribution in [3.8, 4) is 0 Å². The number of carbonyl (C=O) groups is 1. The minimum atomic E-state index is -3.24. The zero-order chi connectivity index (χ0) is 16.2. The molecule has 1 aromatic rings. The van der Waals surface area contributed by atoms with Gasteiger partial charge in [0.25, 0.3) is 0 Å². The first kappa shape index (κ1) is 17.2. The first-order valence-corrected chi connectivity index (χ1v) is 9.60. The summed E-state index contributed by atoms with van der Waals surface area (Å²) in [5.41, 5.74) is 0.912. The van der Waals surface area contributed by atoms with E-state index < -0.39 is 10.0 Å². The zero-order valence-corrected chi connectivity index (χ0v) is 14.2. The summed E-state index contributed by atoms with van der Waals surface area (Å²) in [6.07, 6.45) is 4.25. The molecule has 1 unspecified atom stereocenters. The van der Waals surface area contributed by atoms with Gasteiger partial charge in [0, 0.05) is 24.2 Å². The molecule has 1 aliphatic rings. The molecule has 1 fully saturated rings. The summed E-state index contributed by atoms with van der Waals surface area (Å²) in [5.74, 6) is 0.0299. The van der Waals surface area contributed by atoms with E-state index in [0.29, 0.717) is 18.0 Å². The topological polar surface area (TPSA) is 66.5 Å². The fourth-order valence-corrected chi connectivity index (χ4v) is 3.29. The second kappa shape index (κ2) is 7.44. The number of nitrogens with zero attached hydrogens (tertiary/aromatic N) is 1. The minimum Gasteiger partial charge on any atom is -0.338 e. The first-order valence-electron chi connectivity index (χ1n) is 7.34. The number of piperidine rings is 1.